The Labute approximate surface area is 109 Å². The summed E-state index contributed by atoms with van der Waals surface area (Å²) < 4.78 is 4.81. The van der Waals surface area contributed by atoms with Gasteiger partial charge in [0.25, 0.3) is 5.91 Å². The number of carboxylic acids is 1. The monoisotopic (exact) mass is 260 g/mol. The highest BCUT2D eigenvalue weighted by Gasteiger charge is 2.13. The predicted octanol–water partition coefficient (Wildman–Crippen LogP) is 2.24. The summed E-state index contributed by atoms with van der Waals surface area (Å²) in [5.74, 6) is -0.962. The van der Waals surface area contributed by atoms with E-state index in [1.807, 2.05) is 0 Å². The molecule has 0 atom stereocenters. The number of aromatic carboxylic acids is 1. The third-order valence-electron chi connectivity index (χ3n) is 2.59. The first-order valence-corrected chi connectivity index (χ1v) is 5.56. The number of carbonyl (C=O) groups is 2. The van der Waals surface area contributed by atoms with Crippen molar-refractivity contribution in [3.63, 3.8) is 0 Å². The van der Waals surface area contributed by atoms with Crippen LogP contribution in [0.3, 0.4) is 0 Å². The normalized spacial score (nSPS) is 10.2. The van der Waals surface area contributed by atoms with Crippen molar-refractivity contribution in [3.8, 4) is 0 Å². The summed E-state index contributed by atoms with van der Waals surface area (Å²) in [6, 6.07) is 6.02. The van der Waals surface area contributed by atoms with E-state index >= 15 is 0 Å². The number of aromatic nitrogens is 1. The lowest BCUT2D eigenvalue weighted by Crippen LogP contribution is -2.13. The van der Waals surface area contributed by atoms with Crippen LogP contribution in [0, 0.1) is 13.8 Å². The zero-order valence-electron chi connectivity index (χ0n) is 10.4. The van der Waals surface area contributed by atoms with Crippen LogP contribution >= 0.6 is 0 Å². The number of nitrogens with zero attached hydrogens (tertiary/aromatic N) is 1. The number of hydrogen-bond acceptors (Lipinski definition) is 4. The molecule has 1 aromatic heterocycles. The third kappa shape index (κ3) is 2.79. The second-order valence-corrected chi connectivity index (χ2v) is 4.11. The van der Waals surface area contributed by atoms with E-state index in [1.165, 1.54) is 18.2 Å². The Balaban J connectivity index is 2.25. The summed E-state index contributed by atoms with van der Waals surface area (Å²) in [6.07, 6.45) is 0. The van der Waals surface area contributed by atoms with Gasteiger partial charge in [-0.15, -0.1) is 0 Å². The first-order chi connectivity index (χ1) is 8.97. The zero-order chi connectivity index (χ0) is 14.0. The van der Waals surface area contributed by atoms with Crippen molar-refractivity contribution in [2.24, 2.45) is 0 Å². The molecule has 1 heterocycles. The van der Waals surface area contributed by atoms with Crippen molar-refractivity contribution in [2.45, 2.75) is 13.8 Å². The van der Waals surface area contributed by atoms with E-state index in [1.54, 1.807) is 19.9 Å². The average Bonchev–Trinajstić information content (AvgIpc) is 2.78. The Bertz CT molecular complexity index is 646. The Kier molecular flexibility index (Phi) is 3.33. The number of carbonyl (C=O) groups excluding carboxylic acids is 1. The maximum atomic E-state index is 11.9. The maximum absolute atomic E-state index is 11.9. The zero-order valence-corrected chi connectivity index (χ0v) is 10.4. The molecule has 98 valence electrons. The minimum Gasteiger partial charge on any atom is -0.478 e. The molecule has 0 unspecified atom stereocenters. The van der Waals surface area contributed by atoms with E-state index in [0.717, 1.165) is 5.56 Å². The van der Waals surface area contributed by atoms with Crippen LogP contribution in [-0.2, 0) is 0 Å². The highest BCUT2D eigenvalue weighted by atomic mass is 16.5. The van der Waals surface area contributed by atoms with E-state index in [0.29, 0.717) is 11.4 Å². The van der Waals surface area contributed by atoms with Crippen LogP contribution in [0.25, 0.3) is 0 Å². The first-order valence-electron chi connectivity index (χ1n) is 5.56. The van der Waals surface area contributed by atoms with Crippen molar-refractivity contribution in [1.29, 1.82) is 0 Å². The van der Waals surface area contributed by atoms with Crippen LogP contribution in [0.2, 0.25) is 0 Å². The number of aryl methyl sites for hydroxylation is 2. The highest BCUT2D eigenvalue weighted by molar-refractivity contribution is 6.03. The van der Waals surface area contributed by atoms with Gasteiger partial charge in [0.1, 0.15) is 5.76 Å². The van der Waals surface area contributed by atoms with E-state index in [2.05, 4.69) is 10.5 Å². The molecule has 0 saturated carbocycles. The number of hydrogen-bond donors (Lipinski definition) is 2. The molecule has 0 aliphatic rings. The number of nitrogens with one attached hydrogen (secondary N) is 1. The van der Waals surface area contributed by atoms with Crippen LogP contribution in [0.5, 0.6) is 0 Å². The van der Waals surface area contributed by atoms with E-state index in [9.17, 15) is 9.59 Å². The lowest BCUT2D eigenvalue weighted by molar-refractivity contribution is 0.0696. The van der Waals surface area contributed by atoms with E-state index < -0.39 is 11.9 Å². The minimum atomic E-state index is -1.05. The van der Waals surface area contributed by atoms with Crippen LogP contribution < -0.4 is 5.32 Å². The fraction of sp³-hybridized carbons (Fsp3) is 0.154. The Morgan fingerprint density at radius 3 is 2.58 bits per heavy atom. The molecule has 0 aliphatic heterocycles. The van der Waals surface area contributed by atoms with Gasteiger partial charge < -0.3 is 14.9 Å². The molecule has 0 fully saturated rings. The third-order valence-corrected chi connectivity index (χ3v) is 2.59. The molecule has 6 nitrogen and oxygen atoms in total. The number of anilines is 1. The number of amides is 1. The topological polar surface area (TPSA) is 92.4 Å². The second-order valence-electron chi connectivity index (χ2n) is 4.11. The highest BCUT2D eigenvalue weighted by Crippen LogP contribution is 2.18. The van der Waals surface area contributed by atoms with Gasteiger partial charge in [0.2, 0.25) is 0 Å². The average molecular weight is 260 g/mol. The van der Waals surface area contributed by atoms with Crippen LogP contribution in [0.4, 0.5) is 5.69 Å². The van der Waals surface area contributed by atoms with Crippen LogP contribution in [-0.4, -0.2) is 22.1 Å². The molecule has 6 heteroatoms. The van der Waals surface area contributed by atoms with Gasteiger partial charge in [-0.2, -0.15) is 0 Å². The molecular formula is C13H12N2O4. The van der Waals surface area contributed by atoms with Crippen molar-refractivity contribution >= 4 is 17.6 Å². The van der Waals surface area contributed by atoms with Crippen molar-refractivity contribution < 1.29 is 19.2 Å². The molecule has 0 spiro atoms. The summed E-state index contributed by atoms with van der Waals surface area (Å²) in [5.41, 5.74) is 1.46. The molecule has 2 aromatic rings. The number of carboxylic acid groups (broad SMARTS) is 1. The maximum Gasteiger partial charge on any atom is 0.335 e. The summed E-state index contributed by atoms with van der Waals surface area (Å²) in [7, 11) is 0. The van der Waals surface area contributed by atoms with Gasteiger partial charge in [0.15, 0.2) is 5.69 Å². The predicted molar refractivity (Wildman–Crippen MR) is 67.3 cm³/mol. The van der Waals surface area contributed by atoms with Crippen molar-refractivity contribution in [1.82, 2.24) is 5.16 Å². The lowest BCUT2D eigenvalue weighted by Gasteiger charge is -2.07. The van der Waals surface area contributed by atoms with Gasteiger partial charge in [0, 0.05) is 11.8 Å². The number of rotatable bonds is 3. The summed E-state index contributed by atoms with van der Waals surface area (Å²) in [6.45, 7) is 3.45. The molecule has 0 aliphatic carbocycles. The summed E-state index contributed by atoms with van der Waals surface area (Å²) in [5, 5.41) is 15.1. The molecule has 0 radical (unpaired) electrons. The Hall–Kier alpha value is -2.63. The standard InChI is InChI=1S/C13H12N2O4/c1-7-3-4-9(13(17)18)6-10(7)14-12(16)11-5-8(2)19-15-11/h3-6H,1-2H3,(H,14,16)(H,17,18). The summed E-state index contributed by atoms with van der Waals surface area (Å²) in [4.78, 5) is 22.8. The van der Waals surface area contributed by atoms with Crippen molar-refractivity contribution in [3.05, 3.63) is 46.8 Å². The molecule has 1 amide bonds. The molecule has 0 saturated heterocycles. The first kappa shape index (κ1) is 12.8. The second kappa shape index (κ2) is 4.93. The van der Waals surface area contributed by atoms with Crippen LogP contribution in [0.15, 0.2) is 28.8 Å². The van der Waals surface area contributed by atoms with Gasteiger partial charge in [0.05, 0.1) is 5.56 Å². The molecule has 2 N–H and O–H groups in total. The van der Waals surface area contributed by atoms with Gasteiger partial charge in [-0.25, -0.2) is 4.79 Å². The minimum absolute atomic E-state index is 0.109. The molecule has 1 aromatic carbocycles. The quantitative estimate of drug-likeness (QED) is 0.882. The largest absolute Gasteiger partial charge is 0.478 e. The van der Waals surface area contributed by atoms with Gasteiger partial charge >= 0.3 is 5.97 Å². The molecule has 19 heavy (non-hydrogen) atoms. The van der Waals surface area contributed by atoms with Gasteiger partial charge in [-0.05, 0) is 31.5 Å². The Morgan fingerprint density at radius 1 is 1.26 bits per heavy atom. The van der Waals surface area contributed by atoms with Gasteiger partial charge in [-0.3, -0.25) is 4.79 Å². The Morgan fingerprint density at radius 2 is 2.00 bits per heavy atom. The van der Waals surface area contributed by atoms with Gasteiger partial charge in [-0.1, -0.05) is 11.2 Å². The molecule has 0 bridgehead atoms. The smallest absolute Gasteiger partial charge is 0.335 e. The SMILES string of the molecule is Cc1cc(C(=O)Nc2cc(C(=O)O)ccc2C)no1. The van der Waals surface area contributed by atoms with E-state index in [-0.39, 0.29) is 11.3 Å². The molecule has 2 rings (SSSR count). The van der Waals surface area contributed by atoms with Crippen LogP contribution in [0.1, 0.15) is 32.2 Å². The number of benzene rings is 1. The lowest BCUT2D eigenvalue weighted by atomic mass is 10.1. The fourth-order valence-corrected chi connectivity index (χ4v) is 1.55. The van der Waals surface area contributed by atoms with E-state index in [4.69, 9.17) is 9.63 Å². The summed E-state index contributed by atoms with van der Waals surface area (Å²) >= 11 is 0. The van der Waals surface area contributed by atoms with Crippen molar-refractivity contribution in [2.75, 3.05) is 5.32 Å². The fourth-order valence-electron chi connectivity index (χ4n) is 1.55. The molecular weight excluding hydrogens is 248 g/mol.